The van der Waals surface area contributed by atoms with Crippen molar-refractivity contribution < 1.29 is 14.3 Å². The van der Waals surface area contributed by atoms with Gasteiger partial charge < -0.3 is 14.8 Å². The molecule has 4 atom stereocenters. The van der Waals surface area contributed by atoms with Gasteiger partial charge in [-0.25, -0.2) is 4.79 Å². The predicted octanol–water partition coefficient (Wildman–Crippen LogP) is 0.879. The largest absolute Gasteiger partial charge is 0.467 e. The van der Waals surface area contributed by atoms with Crippen LogP contribution in [0, 0.1) is 0 Å². The van der Waals surface area contributed by atoms with E-state index in [9.17, 15) is 4.79 Å². The topological polar surface area (TPSA) is 47.6 Å². The van der Waals surface area contributed by atoms with Gasteiger partial charge >= 0.3 is 5.97 Å². The van der Waals surface area contributed by atoms with E-state index < -0.39 is 0 Å². The summed E-state index contributed by atoms with van der Waals surface area (Å²) >= 11 is 0. The minimum Gasteiger partial charge on any atom is -0.467 e. The van der Waals surface area contributed by atoms with Crippen LogP contribution in [0.4, 0.5) is 0 Å². The van der Waals surface area contributed by atoms with Crippen molar-refractivity contribution in [3.63, 3.8) is 0 Å². The predicted molar refractivity (Wildman–Crippen MR) is 58.2 cm³/mol. The number of fused-ring (bicyclic) bond motifs is 1. The summed E-state index contributed by atoms with van der Waals surface area (Å²) in [5.41, 5.74) is 0. The van der Waals surface area contributed by atoms with Crippen molar-refractivity contribution in [2.24, 2.45) is 0 Å². The summed E-state index contributed by atoms with van der Waals surface area (Å²) in [5.74, 6) is -0.242. The lowest BCUT2D eigenvalue weighted by Crippen LogP contribution is -2.46. The van der Waals surface area contributed by atoms with Crippen molar-refractivity contribution in [1.29, 1.82) is 0 Å². The highest BCUT2D eigenvalue weighted by Crippen LogP contribution is 2.28. The normalized spacial score (nSPS) is 39.1. The molecular weight excluding hydrogens is 218 g/mol. The van der Waals surface area contributed by atoms with Crippen LogP contribution in [-0.2, 0) is 14.3 Å². The molecular formula is C10H18ClNO3. The number of halogens is 1. The van der Waals surface area contributed by atoms with E-state index in [-0.39, 0.29) is 30.6 Å². The number of hydrogen-bond donors (Lipinski definition) is 1. The van der Waals surface area contributed by atoms with Crippen LogP contribution in [0.25, 0.3) is 0 Å². The number of nitrogens with one attached hydrogen (secondary N) is 1. The van der Waals surface area contributed by atoms with Crippen molar-refractivity contribution in [2.75, 3.05) is 7.11 Å². The van der Waals surface area contributed by atoms with Gasteiger partial charge in [-0.05, 0) is 19.8 Å². The molecule has 0 radical (unpaired) electrons. The molecule has 0 aliphatic carbocycles. The molecule has 0 bridgehead atoms. The van der Waals surface area contributed by atoms with Gasteiger partial charge in [-0.15, -0.1) is 12.4 Å². The number of rotatable bonds is 1. The fourth-order valence-corrected chi connectivity index (χ4v) is 2.33. The number of carbonyl (C=O) groups is 1. The van der Waals surface area contributed by atoms with Gasteiger partial charge in [0.1, 0.15) is 0 Å². The van der Waals surface area contributed by atoms with Crippen molar-refractivity contribution in [3.05, 3.63) is 0 Å². The molecule has 2 fully saturated rings. The second-order valence-electron chi connectivity index (χ2n) is 4.17. The molecule has 0 amide bonds. The van der Waals surface area contributed by atoms with E-state index in [4.69, 9.17) is 4.74 Å². The van der Waals surface area contributed by atoms with Crippen molar-refractivity contribution in [2.45, 2.75) is 50.5 Å². The molecule has 1 N–H and O–H groups in total. The first-order valence-electron chi connectivity index (χ1n) is 5.20. The third-order valence-electron chi connectivity index (χ3n) is 3.10. The van der Waals surface area contributed by atoms with E-state index in [1.807, 2.05) is 0 Å². The van der Waals surface area contributed by atoms with Gasteiger partial charge in [-0.3, -0.25) is 0 Å². The first-order valence-corrected chi connectivity index (χ1v) is 5.20. The van der Waals surface area contributed by atoms with Gasteiger partial charge in [0.25, 0.3) is 0 Å². The van der Waals surface area contributed by atoms with Gasteiger partial charge in [-0.2, -0.15) is 0 Å². The molecule has 2 aliphatic heterocycles. The first-order chi connectivity index (χ1) is 6.70. The second-order valence-corrected chi connectivity index (χ2v) is 4.17. The fourth-order valence-electron chi connectivity index (χ4n) is 2.33. The lowest BCUT2D eigenvalue weighted by atomic mass is 9.96. The van der Waals surface area contributed by atoms with E-state index in [1.165, 1.54) is 7.11 Å². The number of ether oxygens (including phenoxy) is 2. The van der Waals surface area contributed by atoms with E-state index in [2.05, 4.69) is 17.0 Å². The maximum absolute atomic E-state index is 11.3. The summed E-state index contributed by atoms with van der Waals surface area (Å²) in [6.07, 6.45) is 2.77. The lowest BCUT2D eigenvalue weighted by Gasteiger charge is -2.29. The third kappa shape index (κ3) is 2.62. The van der Waals surface area contributed by atoms with Crippen LogP contribution < -0.4 is 5.32 Å². The summed E-state index contributed by atoms with van der Waals surface area (Å²) in [7, 11) is 1.41. The maximum Gasteiger partial charge on any atom is 0.335 e. The third-order valence-corrected chi connectivity index (χ3v) is 3.10. The molecule has 0 spiro atoms. The Labute approximate surface area is 96.1 Å². The van der Waals surface area contributed by atoms with E-state index in [0.717, 1.165) is 19.3 Å². The van der Waals surface area contributed by atoms with Crippen LogP contribution in [0.15, 0.2) is 0 Å². The number of carbonyl (C=O) groups excluding carboxylic acids is 1. The van der Waals surface area contributed by atoms with E-state index >= 15 is 0 Å². The Morgan fingerprint density at radius 3 is 2.87 bits per heavy atom. The average Bonchev–Trinajstić information content (AvgIpc) is 2.59. The van der Waals surface area contributed by atoms with E-state index in [0.29, 0.717) is 12.1 Å². The van der Waals surface area contributed by atoms with Crippen LogP contribution in [0.1, 0.15) is 26.2 Å². The molecule has 2 heterocycles. The van der Waals surface area contributed by atoms with Crippen LogP contribution in [0.2, 0.25) is 0 Å². The molecule has 4 unspecified atom stereocenters. The van der Waals surface area contributed by atoms with Gasteiger partial charge in [0.2, 0.25) is 0 Å². The summed E-state index contributed by atoms with van der Waals surface area (Å²) < 4.78 is 10.3. The highest BCUT2D eigenvalue weighted by Gasteiger charge is 2.41. The number of piperidine rings is 1. The molecule has 88 valence electrons. The Morgan fingerprint density at radius 2 is 2.20 bits per heavy atom. The van der Waals surface area contributed by atoms with Crippen LogP contribution in [0.3, 0.4) is 0 Å². The maximum atomic E-state index is 11.3. The summed E-state index contributed by atoms with van der Waals surface area (Å²) in [5, 5.41) is 3.45. The standard InChI is InChI=1S/C10H17NO3.ClH/c1-6-3-4-8-7(11-6)5-9(14-8)10(12)13-2;/h6-9,11H,3-5H2,1-2H3;1H. The van der Waals surface area contributed by atoms with Gasteiger partial charge in [0, 0.05) is 18.5 Å². The Morgan fingerprint density at radius 1 is 1.47 bits per heavy atom. The van der Waals surface area contributed by atoms with Crippen LogP contribution in [0.5, 0.6) is 0 Å². The monoisotopic (exact) mass is 235 g/mol. The summed E-state index contributed by atoms with van der Waals surface area (Å²) in [4.78, 5) is 11.3. The molecule has 0 aromatic rings. The van der Waals surface area contributed by atoms with Crippen LogP contribution in [-0.4, -0.2) is 37.4 Å². The molecule has 4 nitrogen and oxygen atoms in total. The second kappa shape index (κ2) is 5.14. The van der Waals surface area contributed by atoms with Crippen molar-refractivity contribution >= 4 is 18.4 Å². The summed E-state index contributed by atoms with van der Waals surface area (Å²) in [6, 6.07) is 0.874. The molecule has 2 saturated heterocycles. The zero-order valence-corrected chi connectivity index (χ0v) is 9.88. The number of esters is 1. The van der Waals surface area contributed by atoms with Crippen molar-refractivity contribution in [3.8, 4) is 0 Å². The zero-order valence-electron chi connectivity index (χ0n) is 9.06. The lowest BCUT2D eigenvalue weighted by molar-refractivity contribution is -0.153. The van der Waals surface area contributed by atoms with Gasteiger partial charge in [0.05, 0.1) is 13.2 Å². The minimum absolute atomic E-state index is 0. The van der Waals surface area contributed by atoms with Crippen molar-refractivity contribution in [1.82, 2.24) is 5.32 Å². The Kier molecular flexibility index (Phi) is 4.37. The molecule has 0 aromatic carbocycles. The molecule has 15 heavy (non-hydrogen) atoms. The molecule has 0 aromatic heterocycles. The quantitative estimate of drug-likeness (QED) is 0.686. The molecule has 2 rings (SSSR count). The molecule has 5 heteroatoms. The average molecular weight is 236 g/mol. The smallest absolute Gasteiger partial charge is 0.335 e. The SMILES string of the molecule is COC(=O)C1CC2NC(C)CCC2O1.Cl. The zero-order chi connectivity index (χ0) is 10.1. The highest BCUT2D eigenvalue weighted by atomic mass is 35.5. The molecule has 0 saturated carbocycles. The van der Waals surface area contributed by atoms with E-state index in [1.54, 1.807) is 0 Å². The molecule has 2 aliphatic rings. The highest BCUT2D eigenvalue weighted by molar-refractivity contribution is 5.85. The fraction of sp³-hybridized carbons (Fsp3) is 0.900. The number of methoxy groups -OCH3 is 1. The van der Waals surface area contributed by atoms with Gasteiger partial charge in [0.15, 0.2) is 6.10 Å². The summed E-state index contributed by atoms with van der Waals surface area (Å²) in [6.45, 7) is 2.17. The first kappa shape index (κ1) is 12.7. The Balaban J connectivity index is 0.00000112. The number of hydrogen-bond acceptors (Lipinski definition) is 4. The Hall–Kier alpha value is -0.320. The Bertz CT molecular complexity index is 237. The van der Waals surface area contributed by atoms with Crippen LogP contribution >= 0.6 is 12.4 Å². The van der Waals surface area contributed by atoms with Gasteiger partial charge in [-0.1, -0.05) is 0 Å². The minimum atomic E-state index is -0.354.